The number of aromatic nitrogens is 1. The average molecular weight is 449 g/mol. The van der Waals surface area contributed by atoms with Gasteiger partial charge in [0.05, 0.1) is 0 Å². The second-order valence-electron chi connectivity index (χ2n) is 6.23. The van der Waals surface area contributed by atoms with E-state index in [0.717, 1.165) is 21.8 Å². The summed E-state index contributed by atoms with van der Waals surface area (Å²) in [7, 11) is 0. The van der Waals surface area contributed by atoms with Crippen LogP contribution in [0.1, 0.15) is 10.4 Å². The molecule has 2 heterocycles. The van der Waals surface area contributed by atoms with Gasteiger partial charge in [0.15, 0.2) is 0 Å². The fraction of sp³-hybridized carbons (Fsp3) is 0. The van der Waals surface area contributed by atoms with Gasteiger partial charge in [-0.3, -0.25) is 0 Å². The number of nitrogens with zero attached hydrogens (tertiary/aromatic N) is 1. The van der Waals surface area contributed by atoms with Gasteiger partial charge in [0.2, 0.25) is 0 Å². The van der Waals surface area contributed by atoms with Gasteiger partial charge in [-0.1, -0.05) is 0 Å². The Morgan fingerprint density at radius 2 is 1.31 bits per heavy atom. The first-order valence-electron chi connectivity index (χ1n) is 8.50. The van der Waals surface area contributed by atoms with Crippen molar-refractivity contribution in [3.8, 4) is 9.14 Å². The summed E-state index contributed by atoms with van der Waals surface area (Å²) in [5, 5.41) is 2.22. The van der Waals surface area contributed by atoms with E-state index in [0.29, 0.717) is 5.56 Å². The maximum absolute atomic E-state index is 13.3. The molecule has 0 aliphatic rings. The van der Waals surface area contributed by atoms with Crippen LogP contribution in [0.2, 0.25) is 0 Å². The molecule has 3 heteroatoms. The van der Waals surface area contributed by atoms with Gasteiger partial charge < -0.3 is 0 Å². The fourth-order valence-electron chi connectivity index (χ4n) is 3.49. The molecule has 0 aliphatic carbocycles. The Morgan fingerprint density at radius 1 is 0.692 bits per heavy atom. The van der Waals surface area contributed by atoms with E-state index < -0.39 is 0 Å². The average Bonchev–Trinajstić information content (AvgIpc) is 3.34. The van der Waals surface area contributed by atoms with Crippen molar-refractivity contribution in [1.29, 1.82) is 0 Å². The second kappa shape index (κ2) is 6.28. The zero-order chi connectivity index (χ0) is 17.5. The third kappa shape index (κ3) is 2.44. The van der Waals surface area contributed by atoms with Gasteiger partial charge in [0, 0.05) is 0 Å². The summed E-state index contributed by atoms with van der Waals surface area (Å²) in [5.74, 6) is 0.0175. The Balaban J connectivity index is 1.66. The SMILES string of the molecule is O=C(c1ccc(-c2ccc[te]2)cc1)n1c2ccccc2c2ccccc21. The third-order valence-electron chi connectivity index (χ3n) is 4.72. The summed E-state index contributed by atoms with van der Waals surface area (Å²) < 4.78 is 5.54. The van der Waals surface area contributed by atoms with E-state index in [9.17, 15) is 4.79 Å². The van der Waals surface area contributed by atoms with Gasteiger partial charge in [-0.2, -0.15) is 0 Å². The van der Waals surface area contributed by atoms with Crippen molar-refractivity contribution in [3.63, 3.8) is 0 Å². The molecule has 2 aromatic heterocycles. The molecule has 0 amide bonds. The summed E-state index contributed by atoms with van der Waals surface area (Å²) in [4.78, 5) is 13.3. The maximum atomic E-state index is 13.3. The second-order valence-corrected chi connectivity index (χ2v) is 8.93. The molecule has 0 aliphatic heterocycles. The van der Waals surface area contributed by atoms with Crippen molar-refractivity contribution in [2.75, 3.05) is 0 Å². The molecule has 0 radical (unpaired) electrons. The molecule has 0 bridgehead atoms. The molecule has 5 rings (SSSR count). The minimum atomic E-state index is -0.201. The molecule has 0 unspecified atom stereocenters. The first-order chi connectivity index (χ1) is 12.8. The van der Waals surface area contributed by atoms with E-state index in [1.165, 1.54) is 9.14 Å². The molecule has 0 fully saturated rings. The van der Waals surface area contributed by atoms with Crippen LogP contribution in [0, 0.1) is 0 Å². The molecule has 3 aromatic carbocycles. The van der Waals surface area contributed by atoms with Crippen LogP contribution in [-0.4, -0.2) is 30.9 Å². The zero-order valence-electron chi connectivity index (χ0n) is 13.9. The van der Waals surface area contributed by atoms with E-state index in [4.69, 9.17) is 0 Å². The number of hydrogen-bond acceptors (Lipinski definition) is 1. The molecular formula is C23H15NOTe. The summed E-state index contributed by atoms with van der Waals surface area (Å²) in [6, 6.07) is 28.6. The molecule has 0 N–H and O–H groups in total. The van der Waals surface area contributed by atoms with E-state index in [-0.39, 0.29) is 26.3 Å². The van der Waals surface area contributed by atoms with Gasteiger partial charge >= 0.3 is 161 Å². The predicted octanol–water partition coefficient (Wildman–Crippen LogP) is 5.21. The number of carbonyl (C=O) groups is 1. The Bertz CT molecular complexity index is 1180. The van der Waals surface area contributed by atoms with Crippen LogP contribution in [-0.2, 0) is 0 Å². The van der Waals surface area contributed by atoms with Gasteiger partial charge in [-0.05, 0) is 0 Å². The molecule has 0 spiro atoms. The van der Waals surface area contributed by atoms with Crippen LogP contribution in [0.25, 0.3) is 30.9 Å². The van der Waals surface area contributed by atoms with Crippen molar-refractivity contribution in [3.05, 3.63) is 94.6 Å². The standard InChI is InChI=1S/C23H15NOTe/c25-23(17-13-11-16(12-14-17)22-10-5-15-26-22)24-20-8-3-1-6-18(20)19-7-2-4-9-21(19)24/h1-15H. The number of rotatable bonds is 2. The normalized spacial score (nSPS) is 11.2. The summed E-state index contributed by atoms with van der Waals surface area (Å²) in [6.07, 6.45) is 0. The van der Waals surface area contributed by atoms with Crippen molar-refractivity contribution in [2.45, 2.75) is 0 Å². The number of fused-ring (bicyclic) bond motifs is 3. The number of hydrogen-bond donors (Lipinski definition) is 0. The molecule has 0 saturated carbocycles. The minimum absolute atomic E-state index is 0.0175. The monoisotopic (exact) mass is 451 g/mol. The van der Waals surface area contributed by atoms with Gasteiger partial charge in [-0.15, -0.1) is 0 Å². The Morgan fingerprint density at radius 3 is 1.88 bits per heavy atom. The Hall–Kier alpha value is -2.60. The van der Waals surface area contributed by atoms with Crippen molar-refractivity contribution >= 4 is 48.1 Å². The summed E-state index contributed by atoms with van der Waals surface area (Å²) >= 11 is -0.201. The van der Waals surface area contributed by atoms with E-state index >= 15 is 0 Å². The summed E-state index contributed by atoms with van der Waals surface area (Å²) in [6.45, 7) is 0. The Kier molecular flexibility index (Phi) is 3.78. The first kappa shape index (κ1) is 15.6. The molecule has 0 saturated heterocycles. The third-order valence-corrected chi connectivity index (χ3v) is 7.34. The molecule has 5 aromatic rings. The van der Waals surface area contributed by atoms with E-state index in [2.05, 4.69) is 40.5 Å². The van der Waals surface area contributed by atoms with Crippen molar-refractivity contribution < 1.29 is 4.79 Å². The van der Waals surface area contributed by atoms with Crippen LogP contribution >= 0.6 is 0 Å². The van der Waals surface area contributed by atoms with Crippen molar-refractivity contribution in [1.82, 2.24) is 4.57 Å². The summed E-state index contributed by atoms with van der Waals surface area (Å²) in [5.41, 5.74) is 3.86. The van der Waals surface area contributed by atoms with Crippen molar-refractivity contribution in [2.24, 2.45) is 0 Å². The predicted molar refractivity (Wildman–Crippen MR) is 108 cm³/mol. The molecular weight excluding hydrogens is 434 g/mol. The fourth-order valence-corrected chi connectivity index (χ4v) is 5.58. The molecule has 26 heavy (non-hydrogen) atoms. The quantitative estimate of drug-likeness (QED) is 0.340. The Labute approximate surface area is 160 Å². The van der Waals surface area contributed by atoms with E-state index in [1.54, 1.807) is 0 Å². The molecule has 2 nitrogen and oxygen atoms in total. The van der Waals surface area contributed by atoms with Crippen LogP contribution in [0.3, 0.4) is 0 Å². The van der Waals surface area contributed by atoms with Crippen LogP contribution in [0.15, 0.2) is 89.0 Å². The zero-order valence-corrected chi connectivity index (χ0v) is 16.3. The number of carbonyl (C=O) groups excluding carboxylic acids is 1. The van der Waals surface area contributed by atoms with Gasteiger partial charge in [0.1, 0.15) is 0 Å². The van der Waals surface area contributed by atoms with Crippen LogP contribution in [0.5, 0.6) is 0 Å². The van der Waals surface area contributed by atoms with Gasteiger partial charge in [0.25, 0.3) is 0 Å². The topological polar surface area (TPSA) is 22.0 Å². The first-order valence-corrected chi connectivity index (χ1v) is 11.0. The number of para-hydroxylation sites is 2. The van der Waals surface area contributed by atoms with Crippen LogP contribution < -0.4 is 0 Å². The molecule has 124 valence electrons. The van der Waals surface area contributed by atoms with E-state index in [1.807, 2.05) is 53.1 Å². The van der Waals surface area contributed by atoms with Crippen LogP contribution in [0.4, 0.5) is 0 Å². The molecule has 0 atom stereocenters. The number of benzene rings is 3. The van der Waals surface area contributed by atoms with Gasteiger partial charge in [-0.25, -0.2) is 0 Å².